The third-order valence-electron chi connectivity index (χ3n) is 4.58. The van der Waals surface area contributed by atoms with E-state index in [9.17, 15) is 9.59 Å². The van der Waals surface area contributed by atoms with Crippen molar-refractivity contribution in [1.29, 1.82) is 0 Å². The van der Waals surface area contributed by atoms with Gasteiger partial charge >= 0.3 is 0 Å². The maximum atomic E-state index is 12.6. The highest BCUT2D eigenvalue weighted by Crippen LogP contribution is 2.17. The van der Waals surface area contributed by atoms with Crippen LogP contribution in [-0.2, 0) is 17.8 Å². The van der Waals surface area contributed by atoms with Gasteiger partial charge in [-0.15, -0.1) is 0 Å². The molecular formula is C24H25N3O2. The molecule has 0 spiro atoms. The van der Waals surface area contributed by atoms with Gasteiger partial charge in [0.05, 0.1) is 12.1 Å². The molecule has 3 aromatic rings. The van der Waals surface area contributed by atoms with Crippen LogP contribution in [0.3, 0.4) is 0 Å². The van der Waals surface area contributed by atoms with Crippen LogP contribution in [0.5, 0.6) is 0 Å². The highest BCUT2D eigenvalue weighted by molar-refractivity contribution is 6.01. The Balaban J connectivity index is 1.60. The maximum absolute atomic E-state index is 12.6. The Kier molecular flexibility index (Phi) is 7.00. The van der Waals surface area contributed by atoms with E-state index in [0.29, 0.717) is 17.8 Å². The van der Waals surface area contributed by atoms with E-state index in [1.807, 2.05) is 67.6 Å². The smallest absolute Gasteiger partial charge is 0.253 e. The number of aryl methyl sites for hydroxylation is 1. The van der Waals surface area contributed by atoms with Crippen molar-refractivity contribution in [3.8, 4) is 0 Å². The summed E-state index contributed by atoms with van der Waals surface area (Å²) in [6, 6.07) is 24.7. The number of para-hydroxylation sites is 2. The summed E-state index contributed by atoms with van der Waals surface area (Å²) >= 11 is 0. The predicted octanol–water partition coefficient (Wildman–Crippen LogP) is 4.23. The molecule has 0 aromatic heterocycles. The lowest BCUT2D eigenvalue weighted by Crippen LogP contribution is -2.26. The molecule has 0 aliphatic heterocycles. The molecule has 0 saturated heterocycles. The van der Waals surface area contributed by atoms with Crippen molar-refractivity contribution < 1.29 is 9.59 Å². The number of rotatable bonds is 8. The summed E-state index contributed by atoms with van der Waals surface area (Å²) in [5.74, 6) is -0.348. The zero-order valence-electron chi connectivity index (χ0n) is 16.4. The largest absolute Gasteiger partial charge is 0.376 e. The number of hydrogen-bond donors (Lipinski definition) is 3. The third kappa shape index (κ3) is 5.69. The summed E-state index contributed by atoms with van der Waals surface area (Å²) < 4.78 is 0. The molecule has 0 aliphatic carbocycles. The van der Waals surface area contributed by atoms with Crippen molar-refractivity contribution >= 4 is 23.2 Å². The van der Waals surface area contributed by atoms with Crippen molar-refractivity contribution in [2.24, 2.45) is 0 Å². The van der Waals surface area contributed by atoms with Crippen LogP contribution >= 0.6 is 0 Å². The fourth-order valence-corrected chi connectivity index (χ4v) is 3.03. The van der Waals surface area contributed by atoms with Crippen molar-refractivity contribution in [3.63, 3.8) is 0 Å². The van der Waals surface area contributed by atoms with Crippen molar-refractivity contribution in [1.82, 2.24) is 5.32 Å². The van der Waals surface area contributed by atoms with Crippen LogP contribution < -0.4 is 16.0 Å². The van der Waals surface area contributed by atoms with E-state index in [1.165, 1.54) is 0 Å². The number of carbonyl (C=O) groups is 2. The van der Waals surface area contributed by atoms with Crippen LogP contribution in [0.2, 0.25) is 0 Å². The highest BCUT2D eigenvalue weighted by atomic mass is 16.2. The molecule has 0 bridgehead atoms. The first-order valence-electron chi connectivity index (χ1n) is 9.70. The topological polar surface area (TPSA) is 70.2 Å². The first-order valence-corrected chi connectivity index (χ1v) is 9.70. The van der Waals surface area contributed by atoms with E-state index < -0.39 is 0 Å². The first kappa shape index (κ1) is 20.1. The number of benzene rings is 3. The normalized spacial score (nSPS) is 10.2. The molecule has 3 aromatic carbocycles. The van der Waals surface area contributed by atoms with Crippen LogP contribution in [0.4, 0.5) is 11.4 Å². The van der Waals surface area contributed by atoms with Crippen LogP contribution in [0, 0.1) is 0 Å². The number of nitrogens with one attached hydrogen (secondary N) is 3. The number of hydrogen-bond acceptors (Lipinski definition) is 3. The monoisotopic (exact) mass is 387 g/mol. The van der Waals surface area contributed by atoms with Crippen molar-refractivity contribution in [3.05, 3.63) is 95.6 Å². The van der Waals surface area contributed by atoms with Crippen molar-refractivity contribution in [2.45, 2.75) is 19.9 Å². The molecule has 0 saturated carbocycles. The predicted molar refractivity (Wildman–Crippen MR) is 117 cm³/mol. The highest BCUT2D eigenvalue weighted by Gasteiger charge is 2.12. The Bertz CT molecular complexity index is 971. The minimum atomic E-state index is -0.186. The van der Waals surface area contributed by atoms with Crippen LogP contribution in [0.1, 0.15) is 28.4 Å². The molecule has 2 amide bonds. The Hall–Kier alpha value is -3.60. The van der Waals surface area contributed by atoms with E-state index in [1.54, 1.807) is 18.2 Å². The quantitative estimate of drug-likeness (QED) is 0.542. The second-order valence-corrected chi connectivity index (χ2v) is 6.63. The second kappa shape index (κ2) is 10.1. The van der Waals surface area contributed by atoms with Gasteiger partial charge in [-0.1, -0.05) is 67.6 Å². The van der Waals surface area contributed by atoms with Gasteiger partial charge in [0.2, 0.25) is 5.91 Å². The molecule has 0 atom stereocenters. The number of carbonyl (C=O) groups excluding carboxylic acids is 2. The van der Waals surface area contributed by atoms with Gasteiger partial charge in [0.15, 0.2) is 0 Å². The summed E-state index contributed by atoms with van der Waals surface area (Å²) in [7, 11) is 0. The van der Waals surface area contributed by atoms with Crippen LogP contribution in [0.15, 0.2) is 78.9 Å². The molecule has 148 valence electrons. The Morgan fingerprint density at radius 1 is 0.793 bits per heavy atom. The van der Waals surface area contributed by atoms with E-state index in [4.69, 9.17) is 0 Å². The van der Waals surface area contributed by atoms with Gasteiger partial charge in [-0.3, -0.25) is 9.59 Å². The van der Waals surface area contributed by atoms with Crippen molar-refractivity contribution in [2.75, 3.05) is 17.2 Å². The molecule has 0 heterocycles. The summed E-state index contributed by atoms with van der Waals surface area (Å²) in [6.07, 6.45) is 0.842. The van der Waals surface area contributed by atoms with E-state index in [-0.39, 0.29) is 18.4 Å². The minimum absolute atomic E-state index is 0.0705. The fraction of sp³-hybridized carbons (Fsp3) is 0.167. The second-order valence-electron chi connectivity index (χ2n) is 6.63. The van der Waals surface area contributed by atoms with E-state index in [2.05, 4.69) is 16.0 Å². The SMILES string of the molecule is CCc1ccccc1NC(=O)CNc1ccccc1C(=O)NCc1ccccc1. The molecule has 0 aliphatic rings. The molecule has 5 heteroatoms. The van der Waals surface area contributed by atoms with Gasteiger partial charge in [0, 0.05) is 17.9 Å². The molecular weight excluding hydrogens is 362 g/mol. The number of amides is 2. The van der Waals surface area contributed by atoms with Gasteiger partial charge in [-0.2, -0.15) is 0 Å². The van der Waals surface area contributed by atoms with Crippen LogP contribution in [0.25, 0.3) is 0 Å². The maximum Gasteiger partial charge on any atom is 0.253 e. The molecule has 3 rings (SSSR count). The third-order valence-corrected chi connectivity index (χ3v) is 4.58. The summed E-state index contributed by atoms with van der Waals surface area (Å²) in [5, 5.41) is 8.92. The zero-order chi connectivity index (χ0) is 20.5. The standard InChI is InChI=1S/C24H25N3O2/c1-2-19-12-6-8-14-21(19)27-23(28)17-25-22-15-9-7-13-20(22)24(29)26-16-18-10-4-3-5-11-18/h3-15,25H,2,16-17H2,1H3,(H,26,29)(H,27,28). The van der Waals surface area contributed by atoms with Crippen LogP contribution in [-0.4, -0.2) is 18.4 Å². The Labute approximate surface area is 171 Å². The lowest BCUT2D eigenvalue weighted by molar-refractivity contribution is -0.114. The lowest BCUT2D eigenvalue weighted by atomic mass is 10.1. The van der Waals surface area contributed by atoms with Gasteiger partial charge in [-0.05, 0) is 35.7 Å². The molecule has 3 N–H and O–H groups in total. The lowest BCUT2D eigenvalue weighted by Gasteiger charge is -2.13. The van der Waals surface area contributed by atoms with Gasteiger partial charge in [-0.25, -0.2) is 0 Å². The van der Waals surface area contributed by atoms with Gasteiger partial charge < -0.3 is 16.0 Å². The zero-order valence-corrected chi connectivity index (χ0v) is 16.4. The average molecular weight is 387 g/mol. The average Bonchev–Trinajstić information content (AvgIpc) is 2.77. The molecule has 5 nitrogen and oxygen atoms in total. The van der Waals surface area contributed by atoms with E-state index >= 15 is 0 Å². The molecule has 0 radical (unpaired) electrons. The minimum Gasteiger partial charge on any atom is -0.376 e. The molecule has 29 heavy (non-hydrogen) atoms. The Morgan fingerprint density at radius 3 is 2.21 bits per heavy atom. The Morgan fingerprint density at radius 2 is 1.45 bits per heavy atom. The van der Waals surface area contributed by atoms with E-state index in [0.717, 1.165) is 23.2 Å². The van der Waals surface area contributed by atoms with Gasteiger partial charge in [0.25, 0.3) is 5.91 Å². The number of anilines is 2. The summed E-state index contributed by atoms with van der Waals surface area (Å²) in [5.41, 5.74) is 4.06. The fourth-order valence-electron chi connectivity index (χ4n) is 3.03. The summed E-state index contributed by atoms with van der Waals surface area (Å²) in [4.78, 5) is 25.0. The molecule has 0 unspecified atom stereocenters. The summed E-state index contributed by atoms with van der Waals surface area (Å²) in [6.45, 7) is 2.57. The first-order chi connectivity index (χ1) is 14.2. The molecule has 0 fully saturated rings. The van der Waals surface area contributed by atoms with Gasteiger partial charge in [0.1, 0.15) is 0 Å².